The van der Waals surface area contributed by atoms with Crippen LogP contribution in [0.4, 0.5) is 5.69 Å². The molecule has 1 aromatic heterocycles. The Morgan fingerprint density at radius 3 is 2.79 bits per heavy atom. The fourth-order valence-electron chi connectivity index (χ4n) is 2.13. The van der Waals surface area contributed by atoms with E-state index in [-0.39, 0.29) is 0 Å². The number of benzene rings is 1. The van der Waals surface area contributed by atoms with Crippen molar-refractivity contribution in [3.8, 4) is 11.5 Å². The van der Waals surface area contributed by atoms with E-state index in [4.69, 9.17) is 15.0 Å². The van der Waals surface area contributed by atoms with Gasteiger partial charge in [0.1, 0.15) is 0 Å². The molecule has 1 aliphatic rings. The van der Waals surface area contributed by atoms with Gasteiger partial charge in [-0.2, -0.15) is 4.98 Å². The van der Waals surface area contributed by atoms with Crippen LogP contribution >= 0.6 is 15.9 Å². The maximum atomic E-state index is 5.76. The Kier molecular flexibility index (Phi) is 3.52. The molecular formula is C13H14BrN3O2. The highest BCUT2D eigenvalue weighted by Gasteiger charge is 2.21. The smallest absolute Gasteiger partial charge is 0.257 e. The van der Waals surface area contributed by atoms with Crippen molar-refractivity contribution in [2.75, 3.05) is 18.9 Å². The molecule has 0 unspecified atom stereocenters. The zero-order valence-corrected chi connectivity index (χ0v) is 11.9. The molecule has 0 amide bonds. The molecule has 1 aliphatic heterocycles. The molecule has 1 aromatic carbocycles. The number of ether oxygens (including phenoxy) is 1. The van der Waals surface area contributed by atoms with Gasteiger partial charge in [-0.05, 0) is 47.0 Å². The maximum Gasteiger partial charge on any atom is 0.257 e. The Morgan fingerprint density at radius 1 is 1.26 bits per heavy atom. The summed E-state index contributed by atoms with van der Waals surface area (Å²) in [7, 11) is 0. The van der Waals surface area contributed by atoms with Gasteiger partial charge in [0.05, 0.1) is 0 Å². The summed E-state index contributed by atoms with van der Waals surface area (Å²) in [5, 5.41) is 4.08. The highest BCUT2D eigenvalue weighted by molar-refractivity contribution is 9.10. The van der Waals surface area contributed by atoms with Crippen molar-refractivity contribution in [3.63, 3.8) is 0 Å². The third-order valence-electron chi connectivity index (χ3n) is 3.28. The van der Waals surface area contributed by atoms with Gasteiger partial charge in [-0.25, -0.2) is 0 Å². The predicted molar refractivity (Wildman–Crippen MR) is 74.6 cm³/mol. The monoisotopic (exact) mass is 323 g/mol. The number of rotatable bonds is 2. The van der Waals surface area contributed by atoms with Gasteiger partial charge in [-0.15, -0.1) is 0 Å². The third-order valence-corrected chi connectivity index (χ3v) is 3.96. The molecule has 0 aliphatic carbocycles. The van der Waals surface area contributed by atoms with Crippen molar-refractivity contribution >= 4 is 21.6 Å². The molecule has 3 rings (SSSR count). The Morgan fingerprint density at radius 2 is 2.05 bits per heavy atom. The predicted octanol–water partition coefficient (Wildman–Crippen LogP) is 2.98. The summed E-state index contributed by atoms with van der Waals surface area (Å²) < 4.78 is 11.5. The SMILES string of the molecule is Nc1ccc(-c2nc(C3CCOCC3)no2)cc1Br. The third kappa shape index (κ3) is 2.64. The van der Waals surface area contributed by atoms with E-state index in [1.165, 1.54) is 0 Å². The second-order valence-corrected chi connectivity index (χ2v) is 5.44. The number of hydrogen-bond donors (Lipinski definition) is 1. The second kappa shape index (κ2) is 5.30. The van der Waals surface area contributed by atoms with Gasteiger partial charge in [-0.1, -0.05) is 5.16 Å². The van der Waals surface area contributed by atoms with Crippen LogP contribution in [0.25, 0.3) is 11.5 Å². The van der Waals surface area contributed by atoms with Gasteiger partial charge in [0, 0.05) is 34.9 Å². The molecule has 100 valence electrons. The first kappa shape index (κ1) is 12.6. The van der Waals surface area contributed by atoms with Crippen LogP contribution in [0, 0.1) is 0 Å². The van der Waals surface area contributed by atoms with Crippen LogP contribution in [-0.2, 0) is 4.74 Å². The highest BCUT2D eigenvalue weighted by atomic mass is 79.9. The number of nitrogens with two attached hydrogens (primary N) is 1. The van der Waals surface area contributed by atoms with Crippen LogP contribution in [-0.4, -0.2) is 23.4 Å². The van der Waals surface area contributed by atoms with Crippen LogP contribution in [0.2, 0.25) is 0 Å². The topological polar surface area (TPSA) is 74.2 Å². The van der Waals surface area contributed by atoms with Crippen molar-refractivity contribution in [1.82, 2.24) is 10.1 Å². The summed E-state index contributed by atoms with van der Waals surface area (Å²) in [5.41, 5.74) is 7.32. The fourth-order valence-corrected chi connectivity index (χ4v) is 2.51. The lowest BCUT2D eigenvalue weighted by molar-refractivity contribution is 0.0830. The van der Waals surface area contributed by atoms with Crippen LogP contribution in [0.3, 0.4) is 0 Å². The average Bonchev–Trinajstić information content (AvgIpc) is 2.93. The van der Waals surface area contributed by atoms with E-state index in [1.807, 2.05) is 18.2 Å². The minimum absolute atomic E-state index is 0.337. The van der Waals surface area contributed by atoms with Gasteiger partial charge in [0.2, 0.25) is 0 Å². The zero-order chi connectivity index (χ0) is 13.2. The van der Waals surface area contributed by atoms with E-state index in [2.05, 4.69) is 26.1 Å². The molecule has 6 heteroatoms. The number of nitrogens with zero attached hydrogens (tertiary/aromatic N) is 2. The quantitative estimate of drug-likeness (QED) is 0.860. The second-order valence-electron chi connectivity index (χ2n) is 4.58. The lowest BCUT2D eigenvalue weighted by atomic mass is 10.00. The molecule has 5 nitrogen and oxygen atoms in total. The number of halogens is 1. The van der Waals surface area contributed by atoms with Crippen LogP contribution in [0.5, 0.6) is 0 Å². The van der Waals surface area contributed by atoms with E-state index in [1.54, 1.807) is 0 Å². The Bertz CT molecular complexity index is 579. The lowest BCUT2D eigenvalue weighted by Crippen LogP contribution is -2.15. The molecule has 2 heterocycles. The molecule has 0 atom stereocenters. The summed E-state index contributed by atoms with van der Waals surface area (Å²) in [6.07, 6.45) is 1.90. The van der Waals surface area contributed by atoms with Crippen molar-refractivity contribution in [3.05, 3.63) is 28.5 Å². The van der Waals surface area contributed by atoms with Gasteiger partial charge in [-0.3, -0.25) is 0 Å². The number of hydrogen-bond acceptors (Lipinski definition) is 5. The van der Waals surface area contributed by atoms with Crippen LogP contribution in [0.15, 0.2) is 27.2 Å². The average molecular weight is 324 g/mol. The van der Waals surface area contributed by atoms with Crippen molar-refractivity contribution in [2.24, 2.45) is 0 Å². The van der Waals surface area contributed by atoms with E-state index in [0.29, 0.717) is 17.5 Å². The summed E-state index contributed by atoms with van der Waals surface area (Å²) >= 11 is 3.40. The fraction of sp³-hybridized carbons (Fsp3) is 0.385. The van der Waals surface area contributed by atoms with E-state index < -0.39 is 0 Å². The molecule has 0 saturated carbocycles. The molecule has 1 fully saturated rings. The van der Waals surface area contributed by atoms with Gasteiger partial charge < -0.3 is 15.0 Å². The molecule has 19 heavy (non-hydrogen) atoms. The van der Waals surface area contributed by atoms with Crippen LogP contribution < -0.4 is 5.73 Å². The van der Waals surface area contributed by atoms with Gasteiger partial charge in [0.15, 0.2) is 5.82 Å². The molecule has 2 aromatic rings. The summed E-state index contributed by atoms with van der Waals surface area (Å²) in [4.78, 5) is 4.48. The first-order valence-corrected chi connectivity index (χ1v) is 7.00. The number of anilines is 1. The summed E-state index contributed by atoms with van der Waals surface area (Å²) in [6.45, 7) is 1.53. The molecular weight excluding hydrogens is 310 g/mol. The van der Waals surface area contributed by atoms with Crippen molar-refractivity contribution < 1.29 is 9.26 Å². The Hall–Kier alpha value is -1.40. The van der Waals surface area contributed by atoms with Crippen molar-refractivity contribution in [1.29, 1.82) is 0 Å². The highest BCUT2D eigenvalue weighted by Crippen LogP contribution is 2.29. The van der Waals surface area contributed by atoms with E-state index in [0.717, 1.165) is 41.9 Å². The molecule has 0 spiro atoms. The largest absolute Gasteiger partial charge is 0.398 e. The number of aromatic nitrogens is 2. The Balaban J connectivity index is 1.85. The summed E-state index contributed by atoms with van der Waals surface area (Å²) in [6, 6.07) is 5.58. The standard InChI is InChI=1S/C13H14BrN3O2/c14-10-7-9(1-2-11(10)15)13-16-12(17-19-13)8-3-5-18-6-4-8/h1-2,7-8H,3-6,15H2. The van der Waals surface area contributed by atoms with Crippen molar-refractivity contribution in [2.45, 2.75) is 18.8 Å². The van der Waals surface area contributed by atoms with Gasteiger partial charge in [0.25, 0.3) is 5.89 Å². The molecule has 1 saturated heterocycles. The minimum atomic E-state index is 0.337. The maximum absolute atomic E-state index is 5.76. The first-order chi connectivity index (χ1) is 9.24. The van der Waals surface area contributed by atoms with E-state index >= 15 is 0 Å². The molecule has 0 radical (unpaired) electrons. The minimum Gasteiger partial charge on any atom is -0.398 e. The molecule has 2 N–H and O–H groups in total. The van der Waals surface area contributed by atoms with E-state index in [9.17, 15) is 0 Å². The first-order valence-electron chi connectivity index (χ1n) is 6.21. The summed E-state index contributed by atoms with van der Waals surface area (Å²) in [5.74, 6) is 1.64. The number of nitrogen functional groups attached to an aromatic ring is 1. The lowest BCUT2D eigenvalue weighted by Gasteiger charge is -2.18. The van der Waals surface area contributed by atoms with Crippen LogP contribution in [0.1, 0.15) is 24.6 Å². The molecule has 0 bridgehead atoms. The zero-order valence-electron chi connectivity index (χ0n) is 10.3. The normalized spacial score (nSPS) is 16.7. The van der Waals surface area contributed by atoms with Gasteiger partial charge >= 0.3 is 0 Å². The Labute approximate surface area is 119 Å².